The summed E-state index contributed by atoms with van der Waals surface area (Å²) in [6, 6.07) is 17.7. The summed E-state index contributed by atoms with van der Waals surface area (Å²) < 4.78 is 0. The van der Waals surface area contributed by atoms with E-state index < -0.39 is 0 Å². The van der Waals surface area contributed by atoms with Crippen molar-refractivity contribution in [3.05, 3.63) is 70.2 Å². The van der Waals surface area contributed by atoms with E-state index in [0.717, 1.165) is 50.2 Å². The Bertz CT molecular complexity index is 1120. The van der Waals surface area contributed by atoms with E-state index >= 15 is 0 Å². The van der Waals surface area contributed by atoms with Gasteiger partial charge in [-0.2, -0.15) is 0 Å². The molecular weight excluding hydrogens is 379 g/mol. The van der Waals surface area contributed by atoms with Gasteiger partial charge in [0.2, 0.25) is 0 Å². The number of halogens is 2. The third-order valence-electron chi connectivity index (χ3n) is 4.59. The SMILES string of the molecule is N=CNCCc1c(Nc2ccc(Cl)cc2)ccc2c1[nH]c1ccc(Cl)cc12. The van der Waals surface area contributed by atoms with Gasteiger partial charge in [0, 0.05) is 49.8 Å². The maximum absolute atomic E-state index is 7.21. The van der Waals surface area contributed by atoms with Gasteiger partial charge in [0.25, 0.3) is 0 Å². The quantitative estimate of drug-likeness (QED) is 0.180. The topological polar surface area (TPSA) is 63.7 Å². The minimum absolute atomic E-state index is 0.675. The maximum atomic E-state index is 7.21. The van der Waals surface area contributed by atoms with Crippen molar-refractivity contribution in [3.8, 4) is 0 Å². The number of anilines is 2. The zero-order valence-electron chi connectivity index (χ0n) is 14.4. The first-order valence-electron chi connectivity index (χ1n) is 8.63. The Hall–Kier alpha value is -2.69. The molecule has 0 unspecified atom stereocenters. The smallest absolute Gasteiger partial charge is 0.0791 e. The van der Waals surface area contributed by atoms with E-state index in [-0.39, 0.29) is 0 Å². The summed E-state index contributed by atoms with van der Waals surface area (Å²) in [5, 5.41) is 17.3. The summed E-state index contributed by atoms with van der Waals surface area (Å²) in [7, 11) is 0. The molecule has 0 radical (unpaired) electrons. The molecule has 0 aliphatic carbocycles. The zero-order valence-corrected chi connectivity index (χ0v) is 16.0. The summed E-state index contributed by atoms with van der Waals surface area (Å²) in [4.78, 5) is 3.53. The van der Waals surface area contributed by atoms with Crippen LogP contribution in [-0.2, 0) is 6.42 Å². The molecule has 4 nitrogen and oxygen atoms in total. The van der Waals surface area contributed by atoms with Crippen LogP contribution in [-0.4, -0.2) is 17.9 Å². The number of nitrogens with one attached hydrogen (secondary N) is 4. The number of aromatic amines is 1. The van der Waals surface area contributed by atoms with Crippen LogP contribution in [0.25, 0.3) is 21.8 Å². The lowest BCUT2D eigenvalue weighted by Crippen LogP contribution is -2.15. The number of rotatable bonds is 6. The highest BCUT2D eigenvalue weighted by Crippen LogP contribution is 2.34. The van der Waals surface area contributed by atoms with Gasteiger partial charge in [0.15, 0.2) is 0 Å². The van der Waals surface area contributed by atoms with Crippen LogP contribution in [0, 0.1) is 5.41 Å². The van der Waals surface area contributed by atoms with E-state index in [1.807, 2.05) is 42.5 Å². The number of fused-ring (bicyclic) bond motifs is 3. The van der Waals surface area contributed by atoms with E-state index in [1.54, 1.807) is 0 Å². The third kappa shape index (κ3) is 3.59. The van der Waals surface area contributed by atoms with Gasteiger partial charge in [-0.25, -0.2) is 0 Å². The average molecular weight is 397 g/mol. The van der Waals surface area contributed by atoms with Crippen LogP contribution in [0.2, 0.25) is 10.0 Å². The molecule has 0 spiro atoms. The first-order valence-corrected chi connectivity index (χ1v) is 9.39. The molecule has 6 heteroatoms. The van der Waals surface area contributed by atoms with Crippen LogP contribution in [0.5, 0.6) is 0 Å². The Morgan fingerprint density at radius 2 is 1.70 bits per heavy atom. The second-order valence-corrected chi connectivity index (χ2v) is 7.18. The summed E-state index contributed by atoms with van der Waals surface area (Å²) in [5.41, 5.74) is 5.29. The molecule has 0 aliphatic heterocycles. The second-order valence-electron chi connectivity index (χ2n) is 6.31. The fraction of sp³-hybridized carbons (Fsp3) is 0.0952. The van der Waals surface area contributed by atoms with Crippen molar-refractivity contribution in [1.82, 2.24) is 10.3 Å². The molecule has 0 atom stereocenters. The first-order chi connectivity index (χ1) is 13.2. The van der Waals surface area contributed by atoms with Crippen LogP contribution in [0.15, 0.2) is 54.6 Å². The van der Waals surface area contributed by atoms with Crippen LogP contribution >= 0.6 is 23.2 Å². The van der Waals surface area contributed by atoms with Gasteiger partial charge < -0.3 is 15.6 Å². The molecule has 136 valence electrons. The fourth-order valence-electron chi connectivity index (χ4n) is 3.33. The predicted octanol–water partition coefficient (Wildman–Crippen LogP) is 6.11. The Morgan fingerprint density at radius 1 is 0.926 bits per heavy atom. The minimum Gasteiger partial charge on any atom is -0.376 e. The average Bonchev–Trinajstić information content (AvgIpc) is 3.03. The molecular formula is C21H18Cl2N4. The lowest BCUT2D eigenvalue weighted by Gasteiger charge is -2.14. The molecule has 4 N–H and O–H groups in total. The van der Waals surface area contributed by atoms with Crippen molar-refractivity contribution >= 4 is 62.7 Å². The van der Waals surface area contributed by atoms with E-state index in [9.17, 15) is 0 Å². The van der Waals surface area contributed by atoms with Gasteiger partial charge in [0.1, 0.15) is 0 Å². The van der Waals surface area contributed by atoms with Crippen LogP contribution in [0.1, 0.15) is 5.56 Å². The molecule has 0 fully saturated rings. The maximum Gasteiger partial charge on any atom is 0.0791 e. The van der Waals surface area contributed by atoms with Crippen LogP contribution in [0.4, 0.5) is 11.4 Å². The monoisotopic (exact) mass is 396 g/mol. The van der Waals surface area contributed by atoms with Crippen LogP contribution < -0.4 is 10.6 Å². The second kappa shape index (κ2) is 7.51. The fourth-order valence-corrected chi connectivity index (χ4v) is 3.63. The highest BCUT2D eigenvalue weighted by molar-refractivity contribution is 6.32. The molecule has 0 saturated heterocycles. The Labute approximate surface area is 167 Å². The molecule has 4 rings (SSSR count). The summed E-state index contributed by atoms with van der Waals surface area (Å²) in [6.07, 6.45) is 1.99. The van der Waals surface area contributed by atoms with Crippen LogP contribution in [0.3, 0.4) is 0 Å². The standard InChI is InChI=1S/C21H18Cl2N4/c22-13-1-4-15(5-2-13)26-19-8-6-16-18-11-14(23)3-7-20(18)27-21(16)17(19)9-10-25-12-24/h1-8,11-12,26-27H,9-10H2,(H2,24,25). The minimum atomic E-state index is 0.675. The van der Waals surface area contributed by atoms with Gasteiger partial charge in [-0.05, 0) is 55.0 Å². The summed E-state index contributed by atoms with van der Waals surface area (Å²) in [6.45, 7) is 0.675. The van der Waals surface area contributed by atoms with E-state index in [4.69, 9.17) is 28.6 Å². The van der Waals surface area contributed by atoms with Crippen molar-refractivity contribution in [2.75, 3.05) is 11.9 Å². The molecule has 1 aromatic heterocycles. The van der Waals surface area contributed by atoms with Gasteiger partial charge in [-0.1, -0.05) is 29.3 Å². The zero-order chi connectivity index (χ0) is 18.8. The molecule has 0 amide bonds. The normalized spacial score (nSPS) is 11.0. The lowest BCUT2D eigenvalue weighted by atomic mass is 10.0. The lowest BCUT2D eigenvalue weighted by molar-refractivity contribution is 0.880. The van der Waals surface area contributed by atoms with E-state index in [1.165, 1.54) is 6.34 Å². The van der Waals surface area contributed by atoms with Gasteiger partial charge in [0.05, 0.1) is 11.9 Å². The Balaban J connectivity index is 1.83. The molecule has 0 bridgehead atoms. The van der Waals surface area contributed by atoms with Crippen molar-refractivity contribution < 1.29 is 0 Å². The van der Waals surface area contributed by atoms with Crippen molar-refractivity contribution in [2.24, 2.45) is 0 Å². The van der Waals surface area contributed by atoms with Gasteiger partial charge in [-0.15, -0.1) is 0 Å². The number of aromatic nitrogens is 1. The van der Waals surface area contributed by atoms with E-state index in [0.29, 0.717) is 11.6 Å². The largest absolute Gasteiger partial charge is 0.376 e. The Kier molecular flexibility index (Phi) is 4.92. The Morgan fingerprint density at radius 3 is 2.48 bits per heavy atom. The van der Waals surface area contributed by atoms with Crippen molar-refractivity contribution in [2.45, 2.75) is 6.42 Å². The summed E-state index contributed by atoms with van der Waals surface area (Å²) >= 11 is 12.2. The highest BCUT2D eigenvalue weighted by atomic mass is 35.5. The number of H-pyrrole nitrogens is 1. The third-order valence-corrected chi connectivity index (χ3v) is 5.08. The molecule has 0 aliphatic rings. The highest BCUT2D eigenvalue weighted by Gasteiger charge is 2.13. The number of hydrogen-bond acceptors (Lipinski definition) is 2. The van der Waals surface area contributed by atoms with E-state index in [2.05, 4.69) is 27.8 Å². The van der Waals surface area contributed by atoms with Crippen molar-refractivity contribution in [1.29, 1.82) is 5.41 Å². The molecule has 0 saturated carbocycles. The molecule has 4 aromatic rings. The van der Waals surface area contributed by atoms with Crippen molar-refractivity contribution in [3.63, 3.8) is 0 Å². The molecule has 27 heavy (non-hydrogen) atoms. The number of hydrogen-bond donors (Lipinski definition) is 4. The number of benzene rings is 3. The molecule has 1 heterocycles. The predicted molar refractivity (Wildman–Crippen MR) is 116 cm³/mol. The summed E-state index contributed by atoms with van der Waals surface area (Å²) in [5.74, 6) is 0. The molecule has 3 aromatic carbocycles. The first kappa shape index (κ1) is 17.7. The van der Waals surface area contributed by atoms with Gasteiger partial charge in [-0.3, -0.25) is 5.41 Å². The van der Waals surface area contributed by atoms with Gasteiger partial charge >= 0.3 is 0 Å².